The largest absolute Gasteiger partial charge is 0.145 e. The zero-order chi connectivity index (χ0) is 9.84. The highest BCUT2D eigenvalue weighted by Crippen LogP contribution is 2.28. The molecule has 0 aromatic carbocycles. The van der Waals surface area contributed by atoms with E-state index in [-0.39, 0.29) is 0 Å². The molecule has 1 unspecified atom stereocenters. The van der Waals surface area contributed by atoms with Crippen LogP contribution < -0.4 is 5.30 Å². The number of hydrogen-bond donors (Lipinski definition) is 0. The topological polar surface area (TPSA) is 0 Å². The van der Waals surface area contributed by atoms with Crippen molar-refractivity contribution in [2.75, 3.05) is 0 Å². The van der Waals surface area contributed by atoms with Gasteiger partial charge in [-0.2, -0.15) is 0 Å². The van der Waals surface area contributed by atoms with Crippen molar-refractivity contribution in [3.8, 4) is 0 Å². The molecule has 0 amide bonds. The molecule has 0 fully saturated rings. The Morgan fingerprint density at radius 1 is 1.15 bits per heavy atom. The highest BCUT2D eigenvalue weighted by atomic mass is 32.1. The van der Waals surface area contributed by atoms with Crippen LogP contribution in [-0.2, 0) is 12.8 Å². The third-order valence-corrected chi connectivity index (χ3v) is 4.61. The van der Waals surface area contributed by atoms with E-state index in [1.54, 1.807) is 10.4 Å². The molecule has 1 aromatic heterocycles. The Balaban J connectivity index is 0.000000396. The van der Waals surface area contributed by atoms with Crippen LogP contribution in [0, 0.1) is 6.92 Å². The molecular formula is C11H19PS. The van der Waals surface area contributed by atoms with Gasteiger partial charge in [0.25, 0.3) is 0 Å². The highest BCUT2D eigenvalue weighted by molar-refractivity contribution is 7.30. The molecule has 74 valence electrons. The molecule has 0 spiro atoms. The Bertz CT molecular complexity index is 276. The highest BCUT2D eigenvalue weighted by Gasteiger charge is 2.15. The van der Waals surface area contributed by atoms with E-state index in [1.807, 2.05) is 25.2 Å². The lowest BCUT2D eigenvalue weighted by atomic mass is 9.99. The maximum Gasteiger partial charge on any atom is 0.00914 e. The Hall–Kier alpha value is 0.130. The average molecular weight is 214 g/mol. The maximum absolute atomic E-state index is 2.88. The first-order chi connectivity index (χ1) is 6.29. The van der Waals surface area contributed by atoms with Crippen LogP contribution >= 0.6 is 20.6 Å². The van der Waals surface area contributed by atoms with E-state index in [0.717, 1.165) is 0 Å². The summed E-state index contributed by atoms with van der Waals surface area (Å²) in [5, 5.41) is 1.49. The van der Waals surface area contributed by atoms with Gasteiger partial charge in [0.15, 0.2) is 0 Å². The fourth-order valence-electron chi connectivity index (χ4n) is 1.73. The van der Waals surface area contributed by atoms with Crippen molar-refractivity contribution in [3.63, 3.8) is 0 Å². The van der Waals surface area contributed by atoms with Gasteiger partial charge in [0, 0.05) is 9.75 Å². The molecule has 1 aromatic rings. The first-order valence-corrected chi connectivity index (χ1v) is 6.55. The molecule has 0 radical (unpaired) electrons. The molecule has 0 N–H and O–H groups in total. The van der Waals surface area contributed by atoms with E-state index in [0.29, 0.717) is 0 Å². The molecule has 0 aliphatic heterocycles. The van der Waals surface area contributed by atoms with E-state index in [9.17, 15) is 0 Å². The number of aryl methyl sites for hydroxylation is 2. The molecule has 0 bridgehead atoms. The molecular weight excluding hydrogens is 195 g/mol. The predicted molar refractivity (Wildman–Crippen MR) is 66.4 cm³/mol. The van der Waals surface area contributed by atoms with Crippen molar-refractivity contribution in [1.82, 2.24) is 0 Å². The minimum absolute atomic E-state index is 1.32. The van der Waals surface area contributed by atoms with Crippen LogP contribution in [0.1, 0.15) is 42.0 Å². The van der Waals surface area contributed by atoms with E-state index in [4.69, 9.17) is 0 Å². The summed E-state index contributed by atoms with van der Waals surface area (Å²) in [5.41, 5.74) is 1.64. The monoisotopic (exact) mass is 214 g/mol. The summed E-state index contributed by atoms with van der Waals surface area (Å²) < 4.78 is 0. The molecule has 1 heterocycles. The summed E-state index contributed by atoms with van der Waals surface area (Å²) in [7, 11) is 2.88. The molecule has 0 saturated heterocycles. The molecule has 1 aliphatic rings. The fraction of sp³-hybridized carbons (Fsp3) is 0.636. The zero-order valence-electron chi connectivity index (χ0n) is 8.81. The molecule has 1 atom stereocenters. The summed E-state index contributed by atoms with van der Waals surface area (Å²) in [4.78, 5) is 3.15. The lowest BCUT2D eigenvalue weighted by molar-refractivity contribution is 0.699. The van der Waals surface area contributed by atoms with Crippen LogP contribution in [0.3, 0.4) is 0 Å². The lowest BCUT2D eigenvalue weighted by Crippen LogP contribution is -2.06. The summed E-state index contributed by atoms with van der Waals surface area (Å²) in [5.74, 6) is 0. The third kappa shape index (κ3) is 2.33. The average Bonchev–Trinajstić information content (AvgIpc) is 2.47. The van der Waals surface area contributed by atoms with Crippen LogP contribution in [0.4, 0.5) is 0 Å². The van der Waals surface area contributed by atoms with Gasteiger partial charge < -0.3 is 0 Å². The number of fused-ring (bicyclic) bond motifs is 1. The number of thiophene rings is 1. The first-order valence-electron chi connectivity index (χ1n) is 5.15. The van der Waals surface area contributed by atoms with Crippen LogP contribution in [0.2, 0.25) is 0 Å². The SMILES string of the molecule is CC.Cc1sc2c(c1P)CCCC2. The molecule has 2 rings (SSSR count). The van der Waals surface area contributed by atoms with Gasteiger partial charge >= 0.3 is 0 Å². The van der Waals surface area contributed by atoms with Crippen LogP contribution in [0.15, 0.2) is 0 Å². The summed E-state index contributed by atoms with van der Waals surface area (Å²) in [6.45, 7) is 6.23. The predicted octanol–water partition coefficient (Wildman–Crippen LogP) is 3.46. The van der Waals surface area contributed by atoms with E-state index in [1.165, 1.54) is 35.9 Å². The Labute approximate surface area is 88.0 Å². The van der Waals surface area contributed by atoms with Gasteiger partial charge in [-0.1, -0.05) is 13.8 Å². The van der Waals surface area contributed by atoms with Gasteiger partial charge in [0.2, 0.25) is 0 Å². The maximum atomic E-state index is 2.88. The minimum Gasteiger partial charge on any atom is -0.145 e. The van der Waals surface area contributed by atoms with Crippen LogP contribution in [0.25, 0.3) is 0 Å². The Kier molecular flexibility index (Phi) is 4.41. The van der Waals surface area contributed by atoms with Crippen molar-refractivity contribution >= 4 is 25.9 Å². The quantitative estimate of drug-likeness (QED) is 0.580. The first kappa shape index (κ1) is 11.2. The normalized spacial score (nSPS) is 14.5. The summed E-state index contributed by atoms with van der Waals surface area (Å²) in [6.07, 6.45) is 5.44. The van der Waals surface area contributed by atoms with Crippen molar-refractivity contribution in [2.24, 2.45) is 0 Å². The molecule has 0 nitrogen and oxygen atoms in total. The van der Waals surface area contributed by atoms with E-state index >= 15 is 0 Å². The Morgan fingerprint density at radius 3 is 2.38 bits per heavy atom. The third-order valence-electron chi connectivity index (χ3n) is 2.40. The number of rotatable bonds is 0. The molecule has 1 aliphatic carbocycles. The van der Waals surface area contributed by atoms with Crippen LogP contribution in [-0.4, -0.2) is 0 Å². The molecule has 2 heteroatoms. The second-order valence-corrected chi connectivity index (χ2v) is 5.07. The summed E-state index contributed by atoms with van der Waals surface area (Å²) >= 11 is 2.00. The minimum atomic E-state index is 1.32. The second kappa shape index (κ2) is 5.12. The van der Waals surface area contributed by atoms with Gasteiger partial charge in [-0.3, -0.25) is 0 Å². The van der Waals surface area contributed by atoms with Crippen molar-refractivity contribution in [3.05, 3.63) is 15.3 Å². The van der Waals surface area contributed by atoms with Crippen molar-refractivity contribution in [1.29, 1.82) is 0 Å². The lowest BCUT2D eigenvalue weighted by Gasteiger charge is -2.10. The molecule has 13 heavy (non-hydrogen) atoms. The Morgan fingerprint density at radius 2 is 1.77 bits per heavy atom. The van der Waals surface area contributed by atoms with Gasteiger partial charge in [0.05, 0.1) is 0 Å². The summed E-state index contributed by atoms with van der Waals surface area (Å²) in [6, 6.07) is 0. The van der Waals surface area contributed by atoms with Gasteiger partial charge in [-0.05, 0) is 43.5 Å². The second-order valence-electron chi connectivity index (χ2n) is 3.18. The van der Waals surface area contributed by atoms with E-state index < -0.39 is 0 Å². The van der Waals surface area contributed by atoms with Crippen molar-refractivity contribution in [2.45, 2.75) is 46.5 Å². The fourth-order valence-corrected chi connectivity index (χ4v) is 3.51. The molecule has 0 saturated carbocycles. The van der Waals surface area contributed by atoms with Gasteiger partial charge in [-0.15, -0.1) is 20.6 Å². The smallest absolute Gasteiger partial charge is 0.00914 e. The van der Waals surface area contributed by atoms with Crippen LogP contribution in [0.5, 0.6) is 0 Å². The standard InChI is InChI=1S/C9H13PS.C2H6/c1-6-9(10)7-4-2-3-5-8(7)11-6;1-2/h2-5,10H2,1H3;1-2H3. The van der Waals surface area contributed by atoms with Crippen molar-refractivity contribution < 1.29 is 0 Å². The zero-order valence-corrected chi connectivity index (χ0v) is 10.8. The van der Waals surface area contributed by atoms with Gasteiger partial charge in [0.1, 0.15) is 0 Å². The van der Waals surface area contributed by atoms with E-state index in [2.05, 4.69) is 16.2 Å². The number of hydrogen-bond acceptors (Lipinski definition) is 1. The van der Waals surface area contributed by atoms with Gasteiger partial charge in [-0.25, -0.2) is 0 Å².